The Morgan fingerprint density at radius 2 is 1.53 bits per heavy atom. The van der Waals surface area contributed by atoms with Gasteiger partial charge in [0.25, 0.3) is 5.91 Å². The first-order chi connectivity index (χ1) is 18.2. The summed E-state index contributed by atoms with van der Waals surface area (Å²) in [7, 11) is -8.23. The fourth-order valence-corrected chi connectivity index (χ4v) is 8.20. The summed E-state index contributed by atoms with van der Waals surface area (Å²) >= 11 is 0. The second-order valence-corrected chi connectivity index (χ2v) is 12.8. The van der Waals surface area contributed by atoms with Crippen molar-refractivity contribution in [3.8, 4) is 11.1 Å². The molecule has 0 aliphatic heterocycles. The maximum Gasteiger partial charge on any atom is 0.289 e. The van der Waals surface area contributed by atoms with Gasteiger partial charge in [0.2, 0.25) is 0 Å². The Morgan fingerprint density at radius 3 is 2.16 bits per heavy atom. The molecule has 0 aliphatic rings. The third-order valence-corrected chi connectivity index (χ3v) is 9.90. The lowest BCUT2D eigenvalue weighted by Gasteiger charge is -2.08. The van der Waals surface area contributed by atoms with Crippen LogP contribution < -0.4 is 5.43 Å². The van der Waals surface area contributed by atoms with Crippen LogP contribution >= 0.6 is 0 Å². The lowest BCUT2D eigenvalue weighted by molar-refractivity contribution is 0.0945. The van der Waals surface area contributed by atoms with Crippen molar-refractivity contribution in [1.29, 1.82) is 0 Å². The molecule has 1 amide bonds. The number of hydrazone groups is 1. The molecule has 198 valence electrons. The molecule has 1 aromatic carbocycles. The zero-order chi connectivity index (χ0) is 27.3. The van der Waals surface area contributed by atoms with E-state index < -0.39 is 30.5 Å². The van der Waals surface area contributed by atoms with E-state index in [0.29, 0.717) is 5.56 Å². The molecule has 0 aliphatic carbocycles. The average molecular weight is 553 g/mol. The van der Waals surface area contributed by atoms with Crippen molar-refractivity contribution in [2.75, 3.05) is 11.5 Å². The topological polar surface area (TPSA) is 127 Å². The van der Waals surface area contributed by atoms with E-state index in [9.17, 15) is 21.6 Å². The van der Waals surface area contributed by atoms with Crippen LogP contribution in [0.5, 0.6) is 0 Å². The highest BCUT2D eigenvalue weighted by Crippen LogP contribution is 2.36. The van der Waals surface area contributed by atoms with E-state index in [1.807, 2.05) is 18.2 Å². The second kappa shape index (κ2) is 11.3. The number of carbonyl (C=O) groups is 1. The number of benzene rings is 1. The predicted molar refractivity (Wildman–Crippen MR) is 147 cm³/mol. The summed E-state index contributed by atoms with van der Waals surface area (Å²) in [5.41, 5.74) is 4.33. The molecule has 0 fully saturated rings. The van der Waals surface area contributed by atoms with Crippen molar-refractivity contribution in [2.24, 2.45) is 5.10 Å². The first-order valence-electron chi connectivity index (χ1n) is 12.1. The molecule has 3 heterocycles. The average Bonchev–Trinajstić information content (AvgIpc) is 3.26. The number of hydrogen-bond donors (Lipinski definition) is 1. The fraction of sp³-hybridized carbons (Fsp3) is 0.222. The summed E-state index contributed by atoms with van der Waals surface area (Å²) in [6.07, 6.45) is 6.67. The van der Waals surface area contributed by atoms with E-state index in [4.69, 9.17) is 0 Å². The van der Waals surface area contributed by atoms with Gasteiger partial charge in [0, 0.05) is 18.6 Å². The Labute approximate surface area is 222 Å². The van der Waals surface area contributed by atoms with Gasteiger partial charge >= 0.3 is 0 Å². The fourth-order valence-electron chi connectivity index (χ4n) is 4.23. The maximum absolute atomic E-state index is 13.6. The van der Waals surface area contributed by atoms with Gasteiger partial charge in [0.1, 0.15) is 15.5 Å². The van der Waals surface area contributed by atoms with Gasteiger partial charge < -0.3 is 4.40 Å². The normalized spacial score (nSPS) is 12.3. The first-order valence-corrected chi connectivity index (χ1v) is 15.4. The van der Waals surface area contributed by atoms with Crippen LogP contribution in [0.4, 0.5) is 0 Å². The number of aromatic nitrogens is 2. The van der Waals surface area contributed by atoms with Gasteiger partial charge in [-0.3, -0.25) is 9.78 Å². The molecule has 11 heteroatoms. The molecule has 38 heavy (non-hydrogen) atoms. The van der Waals surface area contributed by atoms with Crippen molar-refractivity contribution in [1.82, 2.24) is 14.8 Å². The molecule has 0 spiro atoms. The van der Waals surface area contributed by atoms with Crippen LogP contribution in [0.2, 0.25) is 0 Å². The van der Waals surface area contributed by atoms with E-state index in [1.54, 1.807) is 62.6 Å². The first kappa shape index (κ1) is 27.2. The number of nitrogens with one attached hydrogen (secondary N) is 1. The molecule has 0 atom stereocenters. The highest BCUT2D eigenvalue weighted by molar-refractivity contribution is 7.94. The Hall–Kier alpha value is -3.83. The van der Waals surface area contributed by atoms with Crippen molar-refractivity contribution in [2.45, 2.75) is 36.5 Å². The Balaban J connectivity index is 1.99. The monoisotopic (exact) mass is 552 g/mol. The summed E-state index contributed by atoms with van der Waals surface area (Å²) in [6.45, 7) is 3.38. The molecule has 9 nitrogen and oxygen atoms in total. The van der Waals surface area contributed by atoms with Crippen molar-refractivity contribution < 1.29 is 21.6 Å². The lowest BCUT2D eigenvalue weighted by atomic mass is 10.1. The number of rotatable bonds is 10. The van der Waals surface area contributed by atoms with Crippen LogP contribution in [0.15, 0.2) is 88.1 Å². The van der Waals surface area contributed by atoms with Crippen molar-refractivity contribution in [3.05, 3.63) is 84.4 Å². The highest BCUT2D eigenvalue weighted by Gasteiger charge is 2.37. The Bertz CT molecular complexity index is 1700. The molecule has 0 unspecified atom stereocenters. The zero-order valence-corrected chi connectivity index (χ0v) is 22.7. The quantitative estimate of drug-likeness (QED) is 0.233. The lowest BCUT2D eigenvalue weighted by Crippen LogP contribution is -2.23. The van der Waals surface area contributed by atoms with Crippen molar-refractivity contribution >= 4 is 37.3 Å². The van der Waals surface area contributed by atoms with E-state index in [2.05, 4.69) is 15.5 Å². The molecule has 0 radical (unpaired) electrons. The van der Waals surface area contributed by atoms with E-state index in [1.165, 1.54) is 16.8 Å². The summed E-state index contributed by atoms with van der Waals surface area (Å²) in [5, 5.41) is 3.98. The van der Waals surface area contributed by atoms with Gasteiger partial charge in [-0.1, -0.05) is 44.2 Å². The maximum atomic E-state index is 13.6. The minimum atomic E-state index is -4.16. The number of fused-ring (bicyclic) bond motifs is 1. The second-order valence-electron chi connectivity index (χ2n) is 8.66. The Morgan fingerprint density at radius 1 is 0.895 bits per heavy atom. The number of nitrogens with zero attached hydrogens (tertiary/aromatic N) is 3. The van der Waals surface area contributed by atoms with Crippen LogP contribution in [0, 0.1) is 0 Å². The zero-order valence-electron chi connectivity index (χ0n) is 21.0. The van der Waals surface area contributed by atoms with Crippen LogP contribution in [-0.4, -0.2) is 49.8 Å². The molecule has 0 saturated carbocycles. The Kier molecular flexibility index (Phi) is 8.08. The number of amides is 1. The minimum absolute atomic E-state index is 0.111. The van der Waals surface area contributed by atoms with Gasteiger partial charge in [0.05, 0.1) is 23.2 Å². The number of pyridine rings is 2. The third kappa shape index (κ3) is 5.53. The van der Waals surface area contributed by atoms with E-state index >= 15 is 0 Å². The van der Waals surface area contributed by atoms with Gasteiger partial charge in [-0.2, -0.15) is 5.10 Å². The van der Waals surface area contributed by atoms with Crippen LogP contribution in [0.25, 0.3) is 16.6 Å². The largest absolute Gasteiger partial charge is 0.310 e. The SMILES string of the molecule is CCCS(=O)(=O)c1c(S(=O)(=O)CCC)c2cc(-c3ccncc3)ccn2c1C(=O)N/N=C\c1ccccc1. The molecule has 4 rings (SSSR count). The van der Waals surface area contributed by atoms with E-state index in [-0.39, 0.29) is 40.5 Å². The number of carbonyl (C=O) groups excluding carboxylic acids is 1. The molecule has 0 bridgehead atoms. The number of sulfone groups is 2. The van der Waals surface area contributed by atoms with Crippen LogP contribution in [0.3, 0.4) is 0 Å². The van der Waals surface area contributed by atoms with Gasteiger partial charge in [-0.25, -0.2) is 22.3 Å². The van der Waals surface area contributed by atoms with Gasteiger partial charge in [-0.05, 0) is 53.8 Å². The summed E-state index contributed by atoms with van der Waals surface area (Å²) in [6, 6.07) is 15.8. The van der Waals surface area contributed by atoms with E-state index in [0.717, 1.165) is 11.1 Å². The smallest absolute Gasteiger partial charge is 0.289 e. The standard InChI is InChI=1S/C27H28N4O5S2/c1-3-16-37(33,34)25-23-18-22(21-10-13-28-14-11-21)12-15-31(23)24(26(25)38(35,36)17-4-2)27(32)30-29-19-20-8-6-5-7-9-20/h5-15,18-19H,3-4,16-17H2,1-2H3,(H,30,32)/b29-19-. The predicted octanol–water partition coefficient (Wildman–Crippen LogP) is 4.13. The van der Waals surface area contributed by atoms with Gasteiger partial charge in [-0.15, -0.1) is 0 Å². The van der Waals surface area contributed by atoms with Gasteiger partial charge in [0.15, 0.2) is 19.7 Å². The molecule has 1 N–H and O–H groups in total. The number of hydrogen-bond acceptors (Lipinski definition) is 7. The molecular weight excluding hydrogens is 524 g/mol. The molecule has 0 saturated heterocycles. The molecular formula is C27H28N4O5S2. The van der Waals surface area contributed by atoms with Crippen molar-refractivity contribution in [3.63, 3.8) is 0 Å². The molecule has 4 aromatic rings. The summed E-state index contributed by atoms with van der Waals surface area (Å²) in [4.78, 5) is 16.6. The highest BCUT2D eigenvalue weighted by atomic mass is 32.2. The molecule has 3 aromatic heterocycles. The summed E-state index contributed by atoms with van der Waals surface area (Å²) in [5.74, 6) is -1.42. The third-order valence-electron chi connectivity index (χ3n) is 5.83. The van der Waals surface area contributed by atoms with Crippen LogP contribution in [0.1, 0.15) is 42.7 Å². The summed E-state index contributed by atoms with van der Waals surface area (Å²) < 4.78 is 55.5. The minimum Gasteiger partial charge on any atom is -0.310 e. The van der Waals surface area contributed by atoms with Crippen LogP contribution in [-0.2, 0) is 19.7 Å².